The monoisotopic (exact) mass is 239 g/mol. The predicted molar refractivity (Wildman–Crippen MR) is 60.5 cm³/mol. The number of halogens is 2. The molecule has 1 aromatic carbocycles. The standard InChI is InChI=1S/C13H15F2NO/c1-3-11-13(2,7-12(17)16-11)9-5-4-8(14)6-10(9)15/h4-6,11H,3,7H2,1-2H3,(H,16,17). The van der Waals surface area contributed by atoms with Crippen LogP contribution in [-0.4, -0.2) is 11.9 Å². The second-order valence-corrected chi connectivity index (χ2v) is 4.75. The zero-order valence-corrected chi connectivity index (χ0v) is 9.89. The number of carbonyl (C=O) groups is 1. The molecule has 1 fully saturated rings. The first kappa shape index (κ1) is 12.0. The molecule has 1 N–H and O–H groups in total. The Bertz CT molecular complexity index is 461. The predicted octanol–water partition coefficient (Wildman–Crippen LogP) is 2.52. The fourth-order valence-corrected chi connectivity index (χ4v) is 2.65. The third-order valence-corrected chi connectivity index (χ3v) is 3.59. The summed E-state index contributed by atoms with van der Waals surface area (Å²) in [4.78, 5) is 11.5. The largest absolute Gasteiger partial charge is 0.352 e. The van der Waals surface area contributed by atoms with Crippen molar-refractivity contribution >= 4 is 5.91 Å². The average molecular weight is 239 g/mol. The third-order valence-electron chi connectivity index (χ3n) is 3.59. The Morgan fingerprint density at radius 2 is 2.18 bits per heavy atom. The summed E-state index contributed by atoms with van der Waals surface area (Å²) in [5, 5.41) is 2.84. The average Bonchev–Trinajstić information content (AvgIpc) is 2.53. The molecule has 0 aromatic heterocycles. The summed E-state index contributed by atoms with van der Waals surface area (Å²) in [5.74, 6) is -1.26. The van der Waals surface area contributed by atoms with Crippen LogP contribution in [-0.2, 0) is 10.2 Å². The SMILES string of the molecule is CCC1NC(=O)CC1(C)c1ccc(F)cc1F. The number of amides is 1. The fraction of sp³-hybridized carbons (Fsp3) is 0.462. The van der Waals surface area contributed by atoms with Crippen LogP contribution in [0.25, 0.3) is 0 Å². The van der Waals surface area contributed by atoms with Crippen LogP contribution >= 0.6 is 0 Å². The molecule has 17 heavy (non-hydrogen) atoms. The molecule has 1 aromatic rings. The van der Waals surface area contributed by atoms with Crippen molar-refractivity contribution in [2.45, 2.75) is 38.1 Å². The lowest BCUT2D eigenvalue weighted by molar-refractivity contribution is -0.119. The van der Waals surface area contributed by atoms with Gasteiger partial charge in [-0.3, -0.25) is 4.79 Å². The molecule has 0 saturated carbocycles. The normalized spacial score (nSPS) is 28.2. The van der Waals surface area contributed by atoms with Crippen molar-refractivity contribution < 1.29 is 13.6 Å². The molecule has 1 amide bonds. The minimum atomic E-state index is -0.597. The van der Waals surface area contributed by atoms with Gasteiger partial charge < -0.3 is 5.32 Å². The molecular weight excluding hydrogens is 224 g/mol. The highest BCUT2D eigenvalue weighted by molar-refractivity contribution is 5.81. The van der Waals surface area contributed by atoms with E-state index in [0.29, 0.717) is 5.56 Å². The third kappa shape index (κ3) is 1.92. The highest BCUT2D eigenvalue weighted by atomic mass is 19.1. The molecule has 2 atom stereocenters. The zero-order valence-electron chi connectivity index (χ0n) is 9.89. The van der Waals surface area contributed by atoms with Crippen LogP contribution in [0.4, 0.5) is 8.78 Å². The van der Waals surface area contributed by atoms with E-state index in [4.69, 9.17) is 0 Å². The van der Waals surface area contributed by atoms with Crippen LogP contribution in [0, 0.1) is 11.6 Å². The van der Waals surface area contributed by atoms with E-state index in [0.717, 1.165) is 12.5 Å². The van der Waals surface area contributed by atoms with Gasteiger partial charge in [-0.1, -0.05) is 19.9 Å². The second-order valence-electron chi connectivity index (χ2n) is 4.75. The summed E-state index contributed by atoms with van der Waals surface area (Å²) in [6, 6.07) is 3.44. The maximum Gasteiger partial charge on any atom is 0.221 e. The minimum Gasteiger partial charge on any atom is -0.352 e. The highest BCUT2D eigenvalue weighted by Crippen LogP contribution is 2.38. The molecule has 1 saturated heterocycles. The van der Waals surface area contributed by atoms with E-state index < -0.39 is 17.0 Å². The fourth-order valence-electron chi connectivity index (χ4n) is 2.65. The van der Waals surface area contributed by atoms with E-state index in [-0.39, 0.29) is 18.4 Å². The van der Waals surface area contributed by atoms with E-state index in [1.165, 1.54) is 12.1 Å². The van der Waals surface area contributed by atoms with Gasteiger partial charge in [-0.2, -0.15) is 0 Å². The van der Waals surface area contributed by atoms with Gasteiger partial charge in [0.1, 0.15) is 11.6 Å². The quantitative estimate of drug-likeness (QED) is 0.844. The van der Waals surface area contributed by atoms with Crippen molar-refractivity contribution in [1.29, 1.82) is 0 Å². The first-order chi connectivity index (χ1) is 7.97. The van der Waals surface area contributed by atoms with Gasteiger partial charge in [-0.05, 0) is 18.1 Å². The van der Waals surface area contributed by atoms with Crippen LogP contribution in [0.2, 0.25) is 0 Å². The van der Waals surface area contributed by atoms with Gasteiger partial charge in [-0.15, -0.1) is 0 Å². The zero-order chi connectivity index (χ0) is 12.6. The number of carbonyl (C=O) groups excluding carboxylic acids is 1. The maximum atomic E-state index is 13.8. The number of rotatable bonds is 2. The first-order valence-corrected chi connectivity index (χ1v) is 5.72. The van der Waals surface area contributed by atoms with E-state index in [2.05, 4.69) is 5.32 Å². The van der Waals surface area contributed by atoms with Gasteiger partial charge in [0.05, 0.1) is 0 Å². The van der Waals surface area contributed by atoms with Crippen LogP contribution in [0.1, 0.15) is 32.3 Å². The molecule has 1 aliphatic heterocycles. The van der Waals surface area contributed by atoms with Crippen molar-refractivity contribution in [3.05, 3.63) is 35.4 Å². The molecule has 1 aliphatic rings. The summed E-state index contributed by atoms with van der Waals surface area (Å²) in [7, 11) is 0. The Labute approximate surface area is 99.0 Å². The smallest absolute Gasteiger partial charge is 0.221 e. The Hall–Kier alpha value is -1.45. The molecular formula is C13H15F2NO. The van der Waals surface area contributed by atoms with E-state index in [1.54, 1.807) is 0 Å². The molecule has 0 spiro atoms. The van der Waals surface area contributed by atoms with Gasteiger partial charge in [0.15, 0.2) is 0 Å². The van der Waals surface area contributed by atoms with Gasteiger partial charge in [0, 0.05) is 23.9 Å². The van der Waals surface area contributed by atoms with Crippen LogP contribution < -0.4 is 5.32 Å². The van der Waals surface area contributed by atoms with Crippen molar-refractivity contribution in [2.75, 3.05) is 0 Å². The molecule has 2 nitrogen and oxygen atoms in total. The molecule has 0 bridgehead atoms. The molecule has 0 aliphatic carbocycles. The lowest BCUT2D eigenvalue weighted by Crippen LogP contribution is -2.38. The van der Waals surface area contributed by atoms with Crippen LogP contribution in [0.15, 0.2) is 18.2 Å². The van der Waals surface area contributed by atoms with Crippen molar-refractivity contribution in [1.82, 2.24) is 5.32 Å². The van der Waals surface area contributed by atoms with Gasteiger partial charge >= 0.3 is 0 Å². The van der Waals surface area contributed by atoms with Crippen molar-refractivity contribution in [2.24, 2.45) is 0 Å². The number of nitrogens with one attached hydrogen (secondary N) is 1. The Kier molecular flexibility index (Phi) is 2.89. The minimum absolute atomic E-state index is 0.0805. The van der Waals surface area contributed by atoms with Crippen LogP contribution in [0.3, 0.4) is 0 Å². The van der Waals surface area contributed by atoms with Gasteiger partial charge in [-0.25, -0.2) is 8.78 Å². The van der Waals surface area contributed by atoms with Crippen molar-refractivity contribution in [3.8, 4) is 0 Å². The molecule has 92 valence electrons. The number of benzene rings is 1. The Morgan fingerprint density at radius 1 is 1.47 bits per heavy atom. The summed E-state index contributed by atoms with van der Waals surface area (Å²) >= 11 is 0. The van der Waals surface area contributed by atoms with E-state index in [9.17, 15) is 13.6 Å². The number of hydrogen-bond acceptors (Lipinski definition) is 1. The Morgan fingerprint density at radius 3 is 2.76 bits per heavy atom. The van der Waals surface area contributed by atoms with Gasteiger partial charge in [0.2, 0.25) is 5.91 Å². The van der Waals surface area contributed by atoms with E-state index in [1.807, 2.05) is 13.8 Å². The van der Waals surface area contributed by atoms with Crippen LogP contribution in [0.5, 0.6) is 0 Å². The summed E-state index contributed by atoms with van der Waals surface area (Å²) in [6.45, 7) is 3.78. The summed E-state index contributed by atoms with van der Waals surface area (Å²) < 4.78 is 26.7. The molecule has 2 unspecified atom stereocenters. The Balaban J connectivity index is 2.46. The lowest BCUT2D eigenvalue weighted by Gasteiger charge is -2.30. The van der Waals surface area contributed by atoms with Crippen molar-refractivity contribution in [3.63, 3.8) is 0 Å². The first-order valence-electron chi connectivity index (χ1n) is 5.72. The molecule has 4 heteroatoms. The van der Waals surface area contributed by atoms with Gasteiger partial charge in [0.25, 0.3) is 0 Å². The van der Waals surface area contributed by atoms with E-state index >= 15 is 0 Å². The second kappa shape index (κ2) is 4.09. The summed E-state index contributed by atoms with van der Waals surface area (Å²) in [5.41, 5.74) is -0.187. The topological polar surface area (TPSA) is 29.1 Å². The summed E-state index contributed by atoms with van der Waals surface area (Å²) in [6.07, 6.45) is 0.965. The molecule has 2 rings (SSSR count). The molecule has 1 heterocycles. The lowest BCUT2D eigenvalue weighted by atomic mass is 9.75. The maximum absolute atomic E-state index is 13.8. The number of hydrogen-bond donors (Lipinski definition) is 1. The molecule has 0 radical (unpaired) electrons. The highest BCUT2D eigenvalue weighted by Gasteiger charge is 2.44.